The van der Waals surface area contributed by atoms with Crippen LogP contribution in [0.3, 0.4) is 0 Å². The zero-order valence-corrected chi connectivity index (χ0v) is 10.9. The lowest BCUT2D eigenvalue weighted by molar-refractivity contribution is 0.338. The molecule has 1 rings (SSSR count). The quantitative estimate of drug-likeness (QED) is 0.683. The summed E-state index contributed by atoms with van der Waals surface area (Å²) in [5.41, 5.74) is 0. The Bertz CT molecular complexity index is 570. The van der Waals surface area contributed by atoms with Crippen molar-refractivity contribution in [3.63, 3.8) is 0 Å². The van der Waals surface area contributed by atoms with E-state index in [2.05, 4.69) is 0 Å². The van der Waals surface area contributed by atoms with Crippen molar-refractivity contribution < 1.29 is 31.1 Å². The zero-order chi connectivity index (χ0) is 15.0. The second-order valence-electron chi connectivity index (χ2n) is 3.52. The first-order chi connectivity index (χ1) is 8.69. The maximum absolute atomic E-state index is 13.5. The van der Waals surface area contributed by atoms with Gasteiger partial charge in [0.2, 0.25) is 21.7 Å². The third kappa shape index (κ3) is 2.39. The molecule has 0 aliphatic carbocycles. The molecule has 0 unspecified atom stereocenters. The number of aromatic hydroxyl groups is 1. The van der Waals surface area contributed by atoms with Crippen molar-refractivity contribution in [1.29, 1.82) is 0 Å². The van der Waals surface area contributed by atoms with Crippen molar-refractivity contribution in [3.05, 3.63) is 23.3 Å². The number of halogens is 4. The van der Waals surface area contributed by atoms with Crippen molar-refractivity contribution in [3.8, 4) is 5.75 Å². The van der Waals surface area contributed by atoms with Crippen LogP contribution in [0.2, 0.25) is 0 Å². The Balaban J connectivity index is 3.70. The summed E-state index contributed by atoms with van der Waals surface area (Å²) in [6.07, 6.45) is 0. The number of benzene rings is 1. The second-order valence-corrected chi connectivity index (χ2v) is 5.40. The van der Waals surface area contributed by atoms with E-state index in [4.69, 9.17) is 5.11 Å². The van der Waals surface area contributed by atoms with Gasteiger partial charge in [-0.15, -0.1) is 0 Å². The maximum atomic E-state index is 13.5. The van der Waals surface area contributed by atoms with Crippen LogP contribution < -0.4 is 0 Å². The normalized spacial score (nSPS) is 12.2. The molecule has 0 bridgehead atoms. The number of phenolic OH excluding ortho intramolecular Hbond substituents is 1. The van der Waals surface area contributed by atoms with Crippen molar-refractivity contribution >= 4 is 10.0 Å². The Morgan fingerprint density at radius 1 is 0.947 bits per heavy atom. The molecule has 1 aromatic carbocycles. The number of sulfonamides is 1. The first-order valence-corrected chi connectivity index (χ1v) is 6.69. The SMILES string of the molecule is CCN(CC)S(=O)(=O)c1c(F)c(F)c(O)c(F)c1F. The van der Waals surface area contributed by atoms with Crippen LogP contribution >= 0.6 is 0 Å². The molecule has 0 spiro atoms. The molecule has 19 heavy (non-hydrogen) atoms. The first-order valence-electron chi connectivity index (χ1n) is 5.25. The van der Waals surface area contributed by atoms with Crippen LogP contribution in [-0.2, 0) is 10.0 Å². The van der Waals surface area contributed by atoms with Gasteiger partial charge in [-0.05, 0) is 0 Å². The lowest BCUT2D eigenvalue weighted by atomic mass is 10.3. The Hall–Kier alpha value is -1.35. The van der Waals surface area contributed by atoms with Crippen LogP contribution in [0.15, 0.2) is 4.90 Å². The van der Waals surface area contributed by atoms with Crippen molar-refractivity contribution in [2.24, 2.45) is 0 Å². The molecule has 0 fully saturated rings. The highest BCUT2D eigenvalue weighted by Gasteiger charge is 2.35. The lowest BCUT2D eigenvalue weighted by Gasteiger charge is -2.19. The van der Waals surface area contributed by atoms with Gasteiger partial charge in [-0.2, -0.15) is 13.1 Å². The van der Waals surface area contributed by atoms with E-state index in [0.717, 1.165) is 0 Å². The van der Waals surface area contributed by atoms with E-state index in [-0.39, 0.29) is 13.1 Å². The van der Waals surface area contributed by atoms with Gasteiger partial charge in [-0.1, -0.05) is 13.8 Å². The van der Waals surface area contributed by atoms with Gasteiger partial charge in [0.25, 0.3) is 0 Å². The molecule has 0 heterocycles. The van der Waals surface area contributed by atoms with Crippen molar-refractivity contribution in [1.82, 2.24) is 4.31 Å². The van der Waals surface area contributed by atoms with E-state index < -0.39 is 43.9 Å². The monoisotopic (exact) mass is 301 g/mol. The average Bonchev–Trinajstić information content (AvgIpc) is 2.35. The fraction of sp³-hybridized carbons (Fsp3) is 0.400. The van der Waals surface area contributed by atoms with Crippen molar-refractivity contribution in [2.75, 3.05) is 13.1 Å². The van der Waals surface area contributed by atoms with Crippen LogP contribution in [-0.4, -0.2) is 30.9 Å². The molecule has 1 aromatic rings. The minimum absolute atomic E-state index is 0.137. The van der Waals surface area contributed by atoms with Gasteiger partial charge in [0.15, 0.2) is 22.3 Å². The number of phenols is 1. The van der Waals surface area contributed by atoms with E-state index in [1.54, 1.807) is 0 Å². The van der Waals surface area contributed by atoms with Crippen LogP contribution in [0.25, 0.3) is 0 Å². The van der Waals surface area contributed by atoms with Crippen LogP contribution in [0.5, 0.6) is 5.75 Å². The smallest absolute Gasteiger partial charge is 0.249 e. The summed E-state index contributed by atoms with van der Waals surface area (Å²) in [6.45, 7) is 2.51. The minimum atomic E-state index is -4.73. The summed E-state index contributed by atoms with van der Waals surface area (Å²) < 4.78 is 77.6. The molecule has 1 N–H and O–H groups in total. The molecule has 9 heteroatoms. The van der Waals surface area contributed by atoms with Gasteiger partial charge in [0.1, 0.15) is 0 Å². The van der Waals surface area contributed by atoms with Gasteiger partial charge in [0.05, 0.1) is 0 Å². The Labute approximate surface area is 107 Å². The Morgan fingerprint density at radius 2 is 1.32 bits per heavy atom. The summed E-state index contributed by atoms with van der Waals surface area (Å²) in [5, 5.41) is 8.77. The second kappa shape index (κ2) is 5.33. The van der Waals surface area contributed by atoms with Gasteiger partial charge >= 0.3 is 0 Å². The van der Waals surface area contributed by atoms with E-state index >= 15 is 0 Å². The minimum Gasteiger partial charge on any atom is -0.503 e. The van der Waals surface area contributed by atoms with Gasteiger partial charge in [0, 0.05) is 13.1 Å². The zero-order valence-electron chi connectivity index (χ0n) is 10.0. The molecule has 0 aliphatic rings. The topological polar surface area (TPSA) is 57.6 Å². The molecular weight excluding hydrogens is 290 g/mol. The molecule has 0 atom stereocenters. The fourth-order valence-electron chi connectivity index (χ4n) is 1.52. The molecule has 0 saturated heterocycles. The van der Waals surface area contributed by atoms with E-state index in [1.807, 2.05) is 0 Å². The summed E-state index contributed by atoms with van der Waals surface area (Å²) in [5.74, 6) is -10.5. The third-order valence-electron chi connectivity index (χ3n) is 2.50. The number of nitrogens with zero attached hydrogens (tertiary/aromatic N) is 1. The number of hydrogen-bond donors (Lipinski definition) is 1. The third-order valence-corrected chi connectivity index (χ3v) is 4.57. The summed E-state index contributed by atoms with van der Waals surface area (Å²) in [4.78, 5) is -1.75. The molecular formula is C10H11F4NO3S. The highest BCUT2D eigenvalue weighted by molar-refractivity contribution is 7.89. The summed E-state index contributed by atoms with van der Waals surface area (Å²) in [7, 11) is -4.73. The van der Waals surface area contributed by atoms with E-state index in [0.29, 0.717) is 4.31 Å². The van der Waals surface area contributed by atoms with Crippen LogP contribution in [0.1, 0.15) is 13.8 Å². The van der Waals surface area contributed by atoms with Gasteiger partial charge < -0.3 is 5.11 Å². The maximum Gasteiger partial charge on any atom is 0.249 e. The molecule has 0 aromatic heterocycles. The van der Waals surface area contributed by atoms with Crippen molar-refractivity contribution in [2.45, 2.75) is 18.7 Å². The van der Waals surface area contributed by atoms with Gasteiger partial charge in [-0.3, -0.25) is 0 Å². The first kappa shape index (κ1) is 15.7. The molecule has 108 valence electrons. The Morgan fingerprint density at radius 3 is 1.63 bits per heavy atom. The molecule has 0 amide bonds. The van der Waals surface area contributed by atoms with Gasteiger partial charge in [-0.25, -0.2) is 17.2 Å². The van der Waals surface area contributed by atoms with Crippen LogP contribution in [0.4, 0.5) is 17.6 Å². The number of hydrogen-bond acceptors (Lipinski definition) is 3. The molecule has 0 saturated carbocycles. The standard InChI is InChI=1S/C10H11F4NO3S/c1-3-15(4-2)19(17,18)10-7(13)5(11)9(16)6(12)8(10)14/h16H,3-4H2,1-2H3. The predicted molar refractivity (Wildman–Crippen MR) is 58.0 cm³/mol. The largest absolute Gasteiger partial charge is 0.503 e. The van der Waals surface area contributed by atoms with E-state index in [1.165, 1.54) is 13.8 Å². The molecule has 0 radical (unpaired) electrons. The number of rotatable bonds is 4. The lowest BCUT2D eigenvalue weighted by Crippen LogP contribution is -2.32. The highest BCUT2D eigenvalue weighted by atomic mass is 32.2. The van der Waals surface area contributed by atoms with Crippen LogP contribution in [0, 0.1) is 23.3 Å². The molecule has 0 aliphatic heterocycles. The molecule has 4 nitrogen and oxygen atoms in total. The average molecular weight is 301 g/mol. The van der Waals surface area contributed by atoms with E-state index in [9.17, 15) is 26.0 Å². The summed E-state index contributed by atoms with van der Waals surface area (Å²) >= 11 is 0. The highest BCUT2D eigenvalue weighted by Crippen LogP contribution is 2.32. The fourth-order valence-corrected chi connectivity index (χ4v) is 3.09. The summed E-state index contributed by atoms with van der Waals surface area (Å²) in [6, 6.07) is 0. The predicted octanol–water partition coefficient (Wildman–Crippen LogP) is 1.98. The Kier molecular flexibility index (Phi) is 4.41.